The molecule has 0 atom stereocenters. The highest BCUT2D eigenvalue weighted by atomic mass is 28.3. The molecule has 1 aliphatic rings. The normalized spacial score (nSPS) is 15.5. The van der Waals surface area contributed by atoms with Gasteiger partial charge in [-0.1, -0.05) is 60.6 Å². The maximum Gasteiger partial charge on any atom is 0.113 e. The molecule has 1 aliphatic heterocycles. The number of rotatable bonds is 0. The summed E-state index contributed by atoms with van der Waals surface area (Å²) in [5.74, 6) is 0. The van der Waals surface area contributed by atoms with Gasteiger partial charge in [0.25, 0.3) is 0 Å². The lowest BCUT2D eigenvalue weighted by atomic mass is 10.0. The monoisotopic (exact) mass is 238 g/mol. The molecule has 0 bridgehead atoms. The Labute approximate surface area is 104 Å². The van der Waals surface area contributed by atoms with Crippen LogP contribution in [0.15, 0.2) is 36.4 Å². The predicted molar refractivity (Wildman–Crippen MR) is 78.1 cm³/mol. The first-order valence-electron chi connectivity index (χ1n) is 6.23. The summed E-state index contributed by atoms with van der Waals surface area (Å²) in [5, 5.41) is 3.20. The van der Waals surface area contributed by atoms with Gasteiger partial charge in [0.05, 0.1) is 0 Å². The summed E-state index contributed by atoms with van der Waals surface area (Å²) < 4.78 is 0. The summed E-state index contributed by atoms with van der Waals surface area (Å²) >= 11 is 0. The van der Waals surface area contributed by atoms with E-state index >= 15 is 0 Å². The minimum Gasteiger partial charge on any atom is -0.0617 e. The standard InChI is InChI=1S/C16H18Si/c1-11-5-7-15-13(9-11)14-10-12(2)6-8-16(14)17(15,3)4/h5-10H,1-4H3. The summed E-state index contributed by atoms with van der Waals surface area (Å²) in [5.41, 5.74) is 5.70. The lowest BCUT2D eigenvalue weighted by Gasteiger charge is -2.18. The average Bonchev–Trinajstić information content (AvgIpc) is 2.47. The van der Waals surface area contributed by atoms with E-state index in [9.17, 15) is 0 Å². The third kappa shape index (κ3) is 1.42. The van der Waals surface area contributed by atoms with Crippen molar-refractivity contribution in [3.8, 4) is 11.1 Å². The van der Waals surface area contributed by atoms with Crippen LogP contribution in [0.3, 0.4) is 0 Å². The van der Waals surface area contributed by atoms with Crippen LogP contribution in [0.4, 0.5) is 0 Å². The summed E-state index contributed by atoms with van der Waals surface area (Å²) in [6.45, 7) is 9.29. The van der Waals surface area contributed by atoms with E-state index in [1.165, 1.54) is 22.3 Å². The van der Waals surface area contributed by atoms with Gasteiger partial charge in [0.15, 0.2) is 0 Å². The molecule has 0 N–H and O–H groups in total. The Balaban J connectivity index is 2.39. The molecular formula is C16H18Si. The number of aryl methyl sites for hydroxylation is 2. The second-order valence-electron chi connectivity index (χ2n) is 5.72. The number of hydrogen-bond donors (Lipinski definition) is 0. The van der Waals surface area contributed by atoms with Crippen molar-refractivity contribution >= 4 is 18.4 Å². The predicted octanol–water partition coefficient (Wildman–Crippen LogP) is 3.11. The lowest BCUT2D eigenvalue weighted by molar-refractivity contribution is 1.47. The molecule has 0 aliphatic carbocycles. The fraction of sp³-hybridized carbons (Fsp3) is 0.250. The van der Waals surface area contributed by atoms with Gasteiger partial charge in [-0.15, -0.1) is 0 Å². The van der Waals surface area contributed by atoms with Crippen molar-refractivity contribution in [1.29, 1.82) is 0 Å². The quantitative estimate of drug-likeness (QED) is 0.619. The van der Waals surface area contributed by atoms with Crippen molar-refractivity contribution in [3.63, 3.8) is 0 Å². The molecule has 2 aromatic carbocycles. The Hall–Kier alpha value is -1.34. The summed E-state index contributed by atoms with van der Waals surface area (Å²) in [6.07, 6.45) is 0. The maximum atomic E-state index is 2.46. The van der Waals surface area contributed by atoms with E-state index in [1.807, 2.05) is 0 Å². The molecule has 86 valence electrons. The molecular weight excluding hydrogens is 220 g/mol. The molecule has 0 saturated carbocycles. The first-order chi connectivity index (χ1) is 8.00. The fourth-order valence-corrected chi connectivity index (χ4v) is 6.05. The van der Waals surface area contributed by atoms with Gasteiger partial charge < -0.3 is 0 Å². The molecule has 0 amide bonds. The van der Waals surface area contributed by atoms with E-state index in [-0.39, 0.29) is 0 Å². The van der Waals surface area contributed by atoms with Crippen LogP contribution in [0.5, 0.6) is 0 Å². The second kappa shape index (κ2) is 3.33. The van der Waals surface area contributed by atoms with Gasteiger partial charge in [0.2, 0.25) is 0 Å². The van der Waals surface area contributed by atoms with Gasteiger partial charge in [-0.05, 0) is 35.3 Å². The van der Waals surface area contributed by atoms with Crippen molar-refractivity contribution in [2.75, 3.05) is 0 Å². The Morgan fingerprint density at radius 3 is 1.53 bits per heavy atom. The van der Waals surface area contributed by atoms with Crippen molar-refractivity contribution < 1.29 is 0 Å². The zero-order valence-electron chi connectivity index (χ0n) is 11.0. The van der Waals surface area contributed by atoms with Gasteiger partial charge in [0.1, 0.15) is 8.07 Å². The molecule has 0 saturated heterocycles. The molecule has 0 spiro atoms. The molecule has 0 radical (unpaired) electrons. The smallest absolute Gasteiger partial charge is 0.0617 e. The SMILES string of the molecule is Cc1ccc2c(c1)-c1cc(C)ccc1[Si]2(C)C. The highest BCUT2D eigenvalue weighted by molar-refractivity contribution is 7.03. The van der Waals surface area contributed by atoms with Crippen molar-refractivity contribution in [2.45, 2.75) is 26.9 Å². The molecule has 0 fully saturated rings. The highest BCUT2D eigenvalue weighted by Gasteiger charge is 2.36. The van der Waals surface area contributed by atoms with Gasteiger partial charge in [-0.2, -0.15) is 0 Å². The van der Waals surface area contributed by atoms with Gasteiger partial charge in [-0.25, -0.2) is 0 Å². The largest absolute Gasteiger partial charge is 0.113 e. The Bertz CT molecular complexity index is 555. The zero-order chi connectivity index (χ0) is 12.2. The third-order valence-corrected chi connectivity index (χ3v) is 7.55. The molecule has 1 heterocycles. The lowest BCUT2D eigenvalue weighted by Crippen LogP contribution is -2.49. The highest BCUT2D eigenvalue weighted by Crippen LogP contribution is 2.29. The van der Waals surface area contributed by atoms with E-state index in [1.54, 1.807) is 10.4 Å². The topological polar surface area (TPSA) is 0 Å². The van der Waals surface area contributed by atoms with E-state index in [0.717, 1.165) is 0 Å². The number of fused-ring (bicyclic) bond motifs is 3. The molecule has 17 heavy (non-hydrogen) atoms. The zero-order valence-corrected chi connectivity index (χ0v) is 12.0. The van der Waals surface area contributed by atoms with E-state index in [2.05, 4.69) is 63.3 Å². The van der Waals surface area contributed by atoms with Crippen molar-refractivity contribution in [3.05, 3.63) is 47.5 Å². The van der Waals surface area contributed by atoms with Crippen LogP contribution in [-0.2, 0) is 0 Å². The van der Waals surface area contributed by atoms with E-state index in [4.69, 9.17) is 0 Å². The number of hydrogen-bond acceptors (Lipinski definition) is 0. The first kappa shape index (κ1) is 10.8. The van der Waals surface area contributed by atoms with Crippen LogP contribution in [0.25, 0.3) is 11.1 Å². The molecule has 3 rings (SSSR count). The Morgan fingerprint density at radius 1 is 0.706 bits per heavy atom. The molecule has 1 heteroatoms. The van der Waals surface area contributed by atoms with Crippen LogP contribution in [0, 0.1) is 13.8 Å². The van der Waals surface area contributed by atoms with E-state index in [0.29, 0.717) is 0 Å². The van der Waals surface area contributed by atoms with Crippen molar-refractivity contribution in [2.24, 2.45) is 0 Å². The van der Waals surface area contributed by atoms with Crippen LogP contribution in [0.2, 0.25) is 13.1 Å². The van der Waals surface area contributed by atoms with Crippen molar-refractivity contribution in [1.82, 2.24) is 0 Å². The van der Waals surface area contributed by atoms with Crippen LogP contribution in [-0.4, -0.2) is 8.07 Å². The van der Waals surface area contributed by atoms with E-state index < -0.39 is 8.07 Å². The van der Waals surface area contributed by atoms with Crippen LogP contribution in [0.1, 0.15) is 11.1 Å². The first-order valence-corrected chi connectivity index (χ1v) is 9.23. The average molecular weight is 238 g/mol. The van der Waals surface area contributed by atoms with Crippen LogP contribution >= 0.6 is 0 Å². The number of benzene rings is 2. The summed E-state index contributed by atoms with van der Waals surface area (Å²) in [4.78, 5) is 0. The maximum absolute atomic E-state index is 2.46. The molecule has 0 aromatic heterocycles. The molecule has 2 aromatic rings. The van der Waals surface area contributed by atoms with Crippen LogP contribution < -0.4 is 10.4 Å². The van der Waals surface area contributed by atoms with Gasteiger partial charge in [-0.3, -0.25) is 0 Å². The van der Waals surface area contributed by atoms with Gasteiger partial charge >= 0.3 is 0 Å². The summed E-state index contributed by atoms with van der Waals surface area (Å²) in [7, 11) is -1.43. The second-order valence-corrected chi connectivity index (χ2v) is 10.1. The minimum absolute atomic E-state index is 1.36. The fourth-order valence-electron chi connectivity index (χ4n) is 3.00. The minimum atomic E-state index is -1.43. The Kier molecular flexibility index (Phi) is 2.11. The molecule has 0 nitrogen and oxygen atoms in total. The Morgan fingerprint density at radius 2 is 1.12 bits per heavy atom. The summed E-state index contributed by atoms with van der Waals surface area (Å²) in [6, 6.07) is 13.9. The van der Waals surface area contributed by atoms with Gasteiger partial charge in [0, 0.05) is 0 Å². The molecule has 0 unspecified atom stereocenters. The third-order valence-electron chi connectivity index (χ3n) is 3.99.